The van der Waals surface area contributed by atoms with Gasteiger partial charge in [-0.1, -0.05) is 13.8 Å². The van der Waals surface area contributed by atoms with Crippen LogP contribution in [0.4, 0.5) is 4.79 Å². The molecular weight excluding hydrogens is 228 g/mol. The van der Waals surface area contributed by atoms with Crippen molar-refractivity contribution >= 4 is 6.03 Å². The number of carbonyl (C=O) groups is 1. The summed E-state index contributed by atoms with van der Waals surface area (Å²) in [5.41, 5.74) is 0. The SMILES string of the molecule is CC(C)CCCNC(=O)N1CC2CCOCC2C1. The first-order valence-corrected chi connectivity index (χ1v) is 7.27. The van der Waals surface area contributed by atoms with Crippen LogP contribution in [0.25, 0.3) is 0 Å². The lowest BCUT2D eigenvalue weighted by Crippen LogP contribution is -2.39. The van der Waals surface area contributed by atoms with Gasteiger partial charge in [0.15, 0.2) is 0 Å². The molecule has 2 unspecified atom stereocenters. The van der Waals surface area contributed by atoms with Crippen LogP contribution in [0.15, 0.2) is 0 Å². The zero-order valence-corrected chi connectivity index (χ0v) is 11.7. The molecule has 4 heteroatoms. The second-order valence-corrected chi connectivity index (χ2v) is 6.06. The zero-order chi connectivity index (χ0) is 13.0. The van der Waals surface area contributed by atoms with E-state index in [9.17, 15) is 4.79 Å². The van der Waals surface area contributed by atoms with Gasteiger partial charge < -0.3 is 15.0 Å². The van der Waals surface area contributed by atoms with Gasteiger partial charge in [0.1, 0.15) is 0 Å². The Labute approximate surface area is 110 Å². The van der Waals surface area contributed by atoms with E-state index < -0.39 is 0 Å². The van der Waals surface area contributed by atoms with Crippen LogP contribution in [0.5, 0.6) is 0 Å². The highest BCUT2D eigenvalue weighted by Crippen LogP contribution is 2.29. The zero-order valence-electron chi connectivity index (χ0n) is 11.7. The monoisotopic (exact) mass is 254 g/mol. The molecule has 2 fully saturated rings. The highest BCUT2D eigenvalue weighted by Gasteiger charge is 2.36. The minimum Gasteiger partial charge on any atom is -0.381 e. The number of carbonyl (C=O) groups excluding carboxylic acids is 1. The molecule has 0 aromatic rings. The number of fused-ring (bicyclic) bond motifs is 1. The minimum absolute atomic E-state index is 0.119. The van der Waals surface area contributed by atoms with E-state index in [2.05, 4.69) is 19.2 Å². The molecule has 0 aliphatic carbocycles. The third-order valence-electron chi connectivity index (χ3n) is 4.06. The summed E-state index contributed by atoms with van der Waals surface area (Å²) in [6.07, 6.45) is 3.37. The Morgan fingerprint density at radius 3 is 2.89 bits per heavy atom. The predicted octanol–water partition coefficient (Wildman–Crippen LogP) is 2.10. The fourth-order valence-corrected chi connectivity index (χ4v) is 2.91. The number of urea groups is 1. The molecule has 0 bridgehead atoms. The second kappa shape index (κ2) is 6.41. The Morgan fingerprint density at radius 2 is 2.17 bits per heavy atom. The van der Waals surface area contributed by atoms with Gasteiger partial charge in [-0.3, -0.25) is 0 Å². The molecule has 2 aliphatic heterocycles. The number of ether oxygens (including phenoxy) is 1. The van der Waals surface area contributed by atoms with Crippen LogP contribution in [0.2, 0.25) is 0 Å². The van der Waals surface area contributed by atoms with Crippen LogP contribution in [0.3, 0.4) is 0 Å². The van der Waals surface area contributed by atoms with Gasteiger partial charge in [-0.25, -0.2) is 4.79 Å². The molecule has 2 rings (SSSR count). The molecule has 2 saturated heterocycles. The van der Waals surface area contributed by atoms with E-state index in [1.54, 1.807) is 0 Å². The molecule has 0 spiro atoms. The number of nitrogens with one attached hydrogen (secondary N) is 1. The molecule has 2 atom stereocenters. The molecule has 2 amide bonds. The van der Waals surface area contributed by atoms with Crippen molar-refractivity contribution in [3.8, 4) is 0 Å². The van der Waals surface area contributed by atoms with Gasteiger partial charge in [0.05, 0.1) is 6.61 Å². The Morgan fingerprint density at radius 1 is 1.39 bits per heavy atom. The van der Waals surface area contributed by atoms with Crippen LogP contribution >= 0.6 is 0 Å². The molecule has 2 aliphatic rings. The van der Waals surface area contributed by atoms with Gasteiger partial charge in [0, 0.05) is 32.2 Å². The molecule has 0 saturated carbocycles. The first-order valence-electron chi connectivity index (χ1n) is 7.27. The van der Waals surface area contributed by atoms with Gasteiger partial charge in [-0.2, -0.15) is 0 Å². The van der Waals surface area contributed by atoms with Crippen LogP contribution in [0, 0.1) is 17.8 Å². The average molecular weight is 254 g/mol. The third kappa shape index (κ3) is 3.61. The molecule has 0 aromatic heterocycles. The summed E-state index contributed by atoms with van der Waals surface area (Å²) in [5.74, 6) is 1.95. The van der Waals surface area contributed by atoms with Crippen molar-refractivity contribution in [1.82, 2.24) is 10.2 Å². The Kier molecular flexibility index (Phi) is 4.87. The molecule has 4 nitrogen and oxygen atoms in total. The number of likely N-dealkylation sites (tertiary alicyclic amines) is 1. The van der Waals surface area contributed by atoms with E-state index >= 15 is 0 Å². The van der Waals surface area contributed by atoms with Gasteiger partial charge >= 0.3 is 6.03 Å². The number of hydrogen-bond donors (Lipinski definition) is 1. The lowest BCUT2D eigenvalue weighted by molar-refractivity contribution is 0.0371. The summed E-state index contributed by atoms with van der Waals surface area (Å²) in [7, 11) is 0. The van der Waals surface area contributed by atoms with E-state index in [1.807, 2.05) is 4.90 Å². The van der Waals surface area contributed by atoms with Crippen molar-refractivity contribution in [2.24, 2.45) is 17.8 Å². The Bertz CT molecular complexity index is 267. The molecule has 18 heavy (non-hydrogen) atoms. The van der Waals surface area contributed by atoms with E-state index in [4.69, 9.17) is 4.74 Å². The van der Waals surface area contributed by atoms with Crippen molar-refractivity contribution in [1.29, 1.82) is 0 Å². The predicted molar refractivity (Wildman–Crippen MR) is 71.5 cm³/mol. The van der Waals surface area contributed by atoms with Gasteiger partial charge in [-0.05, 0) is 31.1 Å². The van der Waals surface area contributed by atoms with Crippen LogP contribution in [-0.2, 0) is 4.74 Å². The summed E-state index contributed by atoms with van der Waals surface area (Å²) >= 11 is 0. The second-order valence-electron chi connectivity index (χ2n) is 6.06. The van der Waals surface area contributed by atoms with Crippen molar-refractivity contribution in [2.75, 3.05) is 32.8 Å². The van der Waals surface area contributed by atoms with Gasteiger partial charge in [-0.15, -0.1) is 0 Å². The van der Waals surface area contributed by atoms with Crippen molar-refractivity contribution in [3.63, 3.8) is 0 Å². The van der Waals surface area contributed by atoms with Gasteiger partial charge in [0.2, 0.25) is 0 Å². The van der Waals surface area contributed by atoms with E-state index in [0.29, 0.717) is 17.8 Å². The number of rotatable bonds is 4. The largest absolute Gasteiger partial charge is 0.381 e. The normalized spacial score (nSPS) is 27.4. The van der Waals surface area contributed by atoms with Crippen LogP contribution in [-0.4, -0.2) is 43.8 Å². The molecule has 104 valence electrons. The molecule has 0 radical (unpaired) electrons. The maximum absolute atomic E-state index is 12.0. The fourth-order valence-electron chi connectivity index (χ4n) is 2.91. The number of hydrogen-bond acceptors (Lipinski definition) is 2. The van der Waals surface area contributed by atoms with Crippen molar-refractivity contribution in [2.45, 2.75) is 33.1 Å². The summed E-state index contributed by atoms with van der Waals surface area (Å²) in [5, 5.41) is 3.04. The van der Waals surface area contributed by atoms with E-state index in [-0.39, 0.29) is 6.03 Å². The lowest BCUT2D eigenvalue weighted by Gasteiger charge is -2.23. The molecule has 1 N–H and O–H groups in total. The molecular formula is C14H26N2O2. The lowest BCUT2D eigenvalue weighted by atomic mass is 9.92. The smallest absolute Gasteiger partial charge is 0.317 e. The maximum Gasteiger partial charge on any atom is 0.317 e. The van der Waals surface area contributed by atoms with E-state index in [1.165, 1.54) is 6.42 Å². The van der Waals surface area contributed by atoms with Crippen LogP contribution in [0.1, 0.15) is 33.1 Å². The number of amides is 2. The standard InChI is InChI=1S/C14H26N2O2/c1-11(2)4-3-6-15-14(17)16-8-12-5-7-18-10-13(12)9-16/h11-13H,3-10H2,1-2H3,(H,15,17). The highest BCUT2D eigenvalue weighted by atomic mass is 16.5. The van der Waals surface area contributed by atoms with E-state index in [0.717, 1.165) is 45.7 Å². The maximum atomic E-state index is 12.0. The summed E-state index contributed by atoms with van der Waals surface area (Å²) < 4.78 is 5.48. The highest BCUT2D eigenvalue weighted by molar-refractivity contribution is 5.74. The quantitative estimate of drug-likeness (QED) is 0.781. The van der Waals surface area contributed by atoms with Crippen molar-refractivity contribution in [3.05, 3.63) is 0 Å². The Hall–Kier alpha value is -0.770. The first-order chi connectivity index (χ1) is 8.66. The first kappa shape index (κ1) is 13.7. The fraction of sp³-hybridized carbons (Fsp3) is 0.929. The molecule has 2 heterocycles. The molecule has 0 aromatic carbocycles. The Balaban J connectivity index is 1.67. The summed E-state index contributed by atoms with van der Waals surface area (Å²) in [4.78, 5) is 14.0. The number of nitrogens with zero attached hydrogens (tertiary/aromatic N) is 1. The van der Waals surface area contributed by atoms with Crippen LogP contribution < -0.4 is 5.32 Å². The average Bonchev–Trinajstić information content (AvgIpc) is 2.78. The third-order valence-corrected chi connectivity index (χ3v) is 4.06. The van der Waals surface area contributed by atoms with Crippen molar-refractivity contribution < 1.29 is 9.53 Å². The summed E-state index contributed by atoms with van der Waals surface area (Å²) in [6.45, 7) is 8.73. The van der Waals surface area contributed by atoms with Gasteiger partial charge in [0.25, 0.3) is 0 Å². The summed E-state index contributed by atoms with van der Waals surface area (Å²) in [6, 6.07) is 0.119. The topological polar surface area (TPSA) is 41.6 Å². The minimum atomic E-state index is 0.119.